The smallest absolute Gasteiger partial charge is 0.457 e. The highest BCUT2D eigenvalue weighted by atomic mass is 19.4. The molecule has 0 saturated carbocycles. The normalized spacial score (nSPS) is 14.2. The van der Waals surface area contributed by atoms with E-state index >= 15 is 0 Å². The van der Waals surface area contributed by atoms with Gasteiger partial charge < -0.3 is 10.5 Å². The van der Waals surface area contributed by atoms with Crippen molar-refractivity contribution in [2.24, 2.45) is 5.73 Å². The summed E-state index contributed by atoms with van der Waals surface area (Å²) in [4.78, 5) is 2.82. The molecule has 1 atom stereocenters. The number of rotatable bonds is 5. The van der Waals surface area contributed by atoms with Crippen LogP contribution in [0.3, 0.4) is 0 Å². The lowest BCUT2D eigenvalue weighted by atomic mass is 10.1. The number of nitrogens with two attached hydrogens (primary N) is 1. The van der Waals surface area contributed by atoms with Gasteiger partial charge in [-0.3, -0.25) is 0 Å². The fraction of sp³-hybridized carbons (Fsp3) is 0.500. The maximum atomic E-state index is 13.4. The van der Waals surface area contributed by atoms with Crippen molar-refractivity contribution in [3.05, 3.63) is 23.4 Å². The van der Waals surface area contributed by atoms with Crippen molar-refractivity contribution in [3.63, 3.8) is 0 Å². The zero-order chi connectivity index (χ0) is 18.8. The first-order valence-electron chi connectivity index (χ1n) is 6.14. The monoisotopic (exact) mass is 363 g/mol. The van der Waals surface area contributed by atoms with E-state index in [1.807, 2.05) is 0 Å². The molecule has 0 radical (unpaired) electrons. The molecule has 0 fully saturated rings. The van der Waals surface area contributed by atoms with Gasteiger partial charge in [-0.1, -0.05) is 0 Å². The van der Waals surface area contributed by atoms with Gasteiger partial charge in [-0.15, -0.1) is 0 Å². The standard InChI is InChI=1S/C12H9F8N3O/c13-10(14,12(18,19)20)8(3-4-21)24-9-6(5-22)1-2-7(23-9)11(15,16)17/h1-2,8H,3-4,21H2. The minimum absolute atomic E-state index is 0.366. The van der Waals surface area contributed by atoms with Crippen LogP contribution < -0.4 is 10.5 Å². The van der Waals surface area contributed by atoms with E-state index in [-0.39, 0.29) is 0 Å². The number of nitriles is 1. The molecule has 1 heterocycles. The van der Waals surface area contributed by atoms with E-state index in [2.05, 4.69) is 9.72 Å². The summed E-state index contributed by atoms with van der Waals surface area (Å²) >= 11 is 0. The SMILES string of the molecule is N#Cc1ccc(C(F)(F)F)nc1OC(CCN)C(F)(F)C(F)(F)F. The third-order valence-corrected chi connectivity index (χ3v) is 2.74. The predicted octanol–water partition coefficient (Wildman–Crippen LogP) is 3.27. The van der Waals surface area contributed by atoms with Gasteiger partial charge in [0.05, 0.1) is 0 Å². The van der Waals surface area contributed by atoms with Crippen LogP contribution in [-0.2, 0) is 6.18 Å². The van der Waals surface area contributed by atoms with Crippen LogP contribution in [0.5, 0.6) is 5.88 Å². The molecule has 24 heavy (non-hydrogen) atoms. The zero-order valence-corrected chi connectivity index (χ0v) is 11.6. The molecule has 1 unspecified atom stereocenters. The predicted molar refractivity (Wildman–Crippen MR) is 63.0 cm³/mol. The summed E-state index contributed by atoms with van der Waals surface area (Å²) in [5.74, 6) is -6.69. The van der Waals surface area contributed by atoms with Crippen molar-refractivity contribution < 1.29 is 39.9 Å². The molecule has 12 heteroatoms. The first-order chi connectivity index (χ1) is 10.8. The van der Waals surface area contributed by atoms with Crippen molar-refractivity contribution in [2.75, 3.05) is 6.54 Å². The number of alkyl halides is 8. The second kappa shape index (κ2) is 6.76. The Balaban J connectivity index is 3.31. The second-order valence-electron chi connectivity index (χ2n) is 4.46. The molecule has 2 N–H and O–H groups in total. The van der Waals surface area contributed by atoms with Crippen LogP contribution in [0.2, 0.25) is 0 Å². The van der Waals surface area contributed by atoms with Crippen LogP contribution in [0.1, 0.15) is 17.7 Å². The molecule has 0 amide bonds. The van der Waals surface area contributed by atoms with Gasteiger partial charge in [0.25, 0.3) is 0 Å². The summed E-state index contributed by atoms with van der Waals surface area (Å²) in [5.41, 5.74) is 2.60. The molecule has 0 aliphatic rings. The minimum atomic E-state index is -6.03. The van der Waals surface area contributed by atoms with E-state index in [1.165, 1.54) is 6.07 Å². The highest BCUT2D eigenvalue weighted by Crippen LogP contribution is 2.41. The van der Waals surface area contributed by atoms with Gasteiger partial charge in [0.2, 0.25) is 5.88 Å². The maximum absolute atomic E-state index is 13.4. The summed E-state index contributed by atoms with van der Waals surface area (Å²) in [5, 5.41) is 8.73. The van der Waals surface area contributed by atoms with E-state index in [0.717, 1.165) is 0 Å². The number of halogens is 8. The zero-order valence-electron chi connectivity index (χ0n) is 11.6. The van der Waals surface area contributed by atoms with E-state index in [4.69, 9.17) is 11.0 Å². The van der Waals surface area contributed by atoms with Gasteiger partial charge in [0, 0.05) is 6.42 Å². The van der Waals surface area contributed by atoms with E-state index in [0.29, 0.717) is 12.1 Å². The lowest BCUT2D eigenvalue weighted by molar-refractivity contribution is -0.309. The van der Waals surface area contributed by atoms with Crippen LogP contribution >= 0.6 is 0 Å². The largest absolute Gasteiger partial charge is 0.467 e. The third kappa shape index (κ3) is 4.22. The van der Waals surface area contributed by atoms with Gasteiger partial charge in [-0.05, 0) is 18.7 Å². The Hall–Kier alpha value is -2.16. The maximum Gasteiger partial charge on any atom is 0.457 e. The number of aromatic nitrogens is 1. The third-order valence-electron chi connectivity index (χ3n) is 2.74. The molecule has 0 spiro atoms. The summed E-state index contributed by atoms with van der Waals surface area (Å²) in [6, 6.07) is 2.22. The second-order valence-corrected chi connectivity index (χ2v) is 4.46. The average Bonchev–Trinajstić information content (AvgIpc) is 2.44. The number of hydrogen-bond donors (Lipinski definition) is 1. The molecule has 1 aromatic rings. The van der Waals surface area contributed by atoms with E-state index in [1.54, 1.807) is 0 Å². The average molecular weight is 363 g/mol. The van der Waals surface area contributed by atoms with E-state index < -0.39 is 54.5 Å². The first-order valence-corrected chi connectivity index (χ1v) is 6.14. The molecule has 134 valence electrons. The number of nitrogens with zero attached hydrogens (tertiary/aromatic N) is 2. The number of ether oxygens (including phenoxy) is 1. The summed E-state index contributed by atoms with van der Waals surface area (Å²) < 4.78 is 106. The molecule has 1 aromatic heterocycles. The fourth-order valence-corrected chi connectivity index (χ4v) is 1.56. The van der Waals surface area contributed by atoms with Crippen molar-refractivity contribution >= 4 is 0 Å². The highest BCUT2D eigenvalue weighted by molar-refractivity contribution is 5.39. The van der Waals surface area contributed by atoms with Gasteiger partial charge in [0.15, 0.2) is 6.10 Å². The van der Waals surface area contributed by atoms with Gasteiger partial charge in [-0.25, -0.2) is 4.98 Å². The van der Waals surface area contributed by atoms with Crippen LogP contribution in [-0.4, -0.2) is 29.7 Å². The Kier molecular flexibility index (Phi) is 5.60. The Labute approximate surface area is 129 Å². The van der Waals surface area contributed by atoms with Crippen LogP contribution in [0, 0.1) is 11.3 Å². The van der Waals surface area contributed by atoms with Crippen molar-refractivity contribution in [1.29, 1.82) is 5.26 Å². The van der Waals surface area contributed by atoms with Gasteiger partial charge in [-0.2, -0.15) is 40.4 Å². The lowest BCUT2D eigenvalue weighted by Crippen LogP contribution is -2.50. The minimum Gasteiger partial charge on any atom is -0.467 e. The van der Waals surface area contributed by atoms with Crippen molar-refractivity contribution in [1.82, 2.24) is 4.98 Å². The molecule has 1 rings (SSSR count). The molecule has 0 bridgehead atoms. The summed E-state index contributed by atoms with van der Waals surface area (Å²) in [7, 11) is 0. The highest BCUT2D eigenvalue weighted by Gasteiger charge is 2.63. The molecule has 0 saturated heterocycles. The van der Waals surface area contributed by atoms with Crippen LogP contribution in [0.4, 0.5) is 35.1 Å². The van der Waals surface area contributed by atoms with Crippen LogP contribution in [0.25, 0.3) is 0 Å². The van der Waals surface area contributed by atoms with Crippen molar-refractivity contribution in [3.8, 4) is 11.9 Å². The molecular formula is C12H9F8N3O. The fourth-order valence-electron chi connectivity index (χ4n) is 1.56. The molecule has 0 aromatic carbocycles. The quantitative estimate of drug-likeness (QED) is 0.815. The molecule has 4 nitrogen and oxygen atoms in total. The Morgan fingerprint density at radius 1 is 1.12 bits per heavy atom. The van der Waals surface area contributed by atoms with Gasteiger partial charge in [0.1, 0.15) is 17.3 Å². The first kappa shape index (κ1) is 19.9. The summed E-state index contributed by atoms with van der Waals surface area (Å²) in [6.07, 6.45) is -15.0. The molecule has 0 aliphatic heterocycles. The Morgan fingerprint density at radius 3 is 2.12 bits per heavy atom. The topological polar surface area (TPSA) is 71.9 Å². The number of hydrogen-bond acceptors (Lipinski definition) is 4. The summed E-state index contributed by atoms with van der Waals surface area (Å²) in [6.45, 7) is -0.669. The van der Waals surface area contributed by atoms with Gasteiger partial charge >= 0.3 is 18.3 Å². The lowest BCUT2D eigenvalue weighted by Gasteiger charge is -2.28. The van der Waals surface area contributed by atoms with E-state index in [9.17, 15) is 35.1 Å². The Bertz CT molecular complexity index is 620. The molecule has 0 aliphatic carbocycles. The van der Waals surface area contributed by atoms with Crippen molar-refractivity contribution in [2.45, 2.75) is 30.8 Å². The Morgan fingerprint density at radius 2 is 1.71 bits per heavy atom. The molecular weight excluding hydrogens is 354 g/mol. The van der Waals surface area contributed by atoms with Crippen LogP contribution in [0.15, 0.2) is 12.1 Å². The number of pyridine rings is 1.